The number of carbonyl (C=O) groups is 2. The van der Waals surface area contributed by atoms with Crippen molar-refractivity contribution in [2.45, 2.75) is 44.4 Å². The summed E-state index contributed by atoms with van der Waals surface area (Å²) in [5.74, 6) is -1.75. The fourth-order valence-corrected chi connectivity index (χ4v) is 4.87. The van der Waals surface area contributed by atoms with Gasteiger partial charge in [-0.2, -0.15) is 13.2 Å². The number of rotatable bonds is 11. The summed E-state index contributed by atoms with van der Waals surface area (Å²) in [5, 5.41) is 11.4. The van der Waals surface area contributed by atoms with Gasteiger partial charge in [0.05, 0.1) is 17.0 Å². The number of halogens is 6. The summed E-state index contributed by atoms with van der Waals surface area (Å²) in [6, 6.07) is 15.9. The van der Waals surface area contributed by atoms with E-state index in [0.29, 0.717) is 22.6 Å². The number of benzene rings is 3. The Morgan fingerprint density at radius 2 is 1.64 bits per heavy atom. The largest absolute Gasteiger partial charge is 0.485 e. The Bertz CT molecular complexity index is 1300. The predicted molar refractivity (Wildman–Crippen MR) is 148 cm³/mol. The third-order valence-electron chi connectivity index (χ3n) is 5.96. The molecule has 0 bridgehead atoms. The summed E-state index contributed by atoms with van der Waals surface area (Å²) < 4.78 is 47.2. The first kappa shape index (κ1) is 30.8. The van der Waals surface area contributed by atoms with Crippen LogP contribution in [0.1, 0.15) is 65.3 Å². The number of carboxylic acids is 1. The van der Waals surface area contributed by atoms with Gasteiger partial charge in [0.25, 0.3) is 5.91 Å². The average Bonchev–Trinajstić information content (AvgIpc) is 2.88. The van der Waals surface area contributed by atoms with Crippen LogP contribution < -0.4 is 10.1 Å². The van der Waals surface area contributed by atoms with E-state index in [1.54, 1.807) is 48.5 Å². The van der Waals surface area contributed by atoms with Crippen molar-refractivity contribution in [3.8, 4) is 5.75 Å². The minimum absolute atomic E-state index is 0.00256. The van der Waals surface area contributed by atoms with Crippen LogP contribution in [-0.4, -0.2) is 23.5 Å². The number of hydrogen-bond acceptors (Lipinski definition) is 3. The average molecular weight is 647 g/mol. The standard InChI is InChI=1S/C28H25BrCl2F3NO4/c1-2-3-21(16-4-6-18(7-5-16)27(38)35-13-12-24(36)37)26(17-8-10-19(30)11-9-17)39-20-14-22(28(32,33)34)25(31)23(29)15-20/h4-11,14-15,21,26H,2-3,12-13H2,1H3,(H,35,38)(H,36,37)/t21-,26+/m1/s1. The highest BCUT2D eigenvalue weighted by Gasteiger charge is 2.35. The van der Waals surface area contributed by atoms with Crippen LogP contribution in [0.15, 0.2) is 65.1 Å². The Morgan fingerprint density at radius 3 is 2.21 bits per heavy atom. The Kier molecular flexibility index (Phi) is 10.7. The first-order valence-corrected chi connectivity index (χ1v) is 13.5. The minimum atomic E-state index is -4.68. The summed E-state index contributed by atoms with van der Waals surface area (Å²) in [4.78, 5) is 23.1. The second-order valence-corrected chi connectivity index (χ2v) is 10.4. The van der Waals surface area contributed by atoms with Gasteiger partial charge in [-0.1, -0.05) is 60.8 Å². The monoisotopic (exact) mass is 645 g/mol. The predicted octanol–water partition coefficient (Wildman–Crippen LogP) is 8.68. The summed E-state index contributed by atoms with van der Waals surface area (Å²) in [6.45, 7) is 1.98. The summed E-state index contributed by atoms with van der Waals surface area (Å²) in [7, 11) is 0. The smallest absolute Gasteiger partial charge is 0.418 e. The van der Waals surface area contributed by atoms with E-state index in [1.807, 2.05) is 6.92 Å². The van der Waals surface area contributed by atoms with E-state index >= 15 is 0 Å². The maximum atomic E-state index is 13.6. The summed E-state index contributed by atoms with van der Waals surface area (Å²) in [6.07, 6.45) is -4.21. The molecule has 0 aliphatic heterocycles. The van der Waals surface area contributed by atoms with E-state index in [4.69, 9.17) is 33.0 Å². The number of nitrogens with one attached hydrogen (secondary N) is 1. The van der Waals surface area contributed by atoms with Gasteiger partial charge in [0.1, 0.15) is 11.9 Å². The molecule has 0 saturated carbocycles. The molecule has 11 heteroatoms. The summed E-state index contributed by atoms with van der Waals surface area (Å²) >= 11 is 15.1. The van der Waals surface area contributed by atoms with Crippen LogP contribution in [0.3, 0.4) is 0 Å². The molecule has 208 valence electrons. The van der Waals surface area contributed by atoms with Gasteiger partial charge < -0.3 is 15.2 Å². The highest BCUT2D eigenvalue weighted by Crippen LogP contribution is 2.44. The van der Waals surface area contributed by atoms with E-state index in [2.05, 4.69) is 21.2 Å². The Morgan fingerprint density at radius 1 is 1.03 bits per heavy atom. The molecule has 0 radical (unpaired) electrons. The van der Waals surface area contributed by atoms with Gasteiger partial charge in [-0.15, -0.1) is 0 Å². The number of aliphatic carboxylic acids is 1. The van der Waals surface area contributed by atoms with Gasteiger partial charge >= 0.3 is 12.1 Å². The van der Waals surface area contributed by atoms with E-state index in [9.17, 15) is 22.8 Å². The molecule has 0 unspecified atom stereocenters. The van der Waals surface area contributed by atoms with E-state index in [0.717, 1.165) is 18.1 Å². The molecule has 39 heavy (non-hydrogen) atoms. The molecule has 3 aromatic rings. The molecule has 0 aliphatic carbocycles. The molecule has 0 aromatic heterocycles. The van der Waals surface area contributed by atoms with Gasteiger partial charge in [0.15, 0.2) is 0 Å². The third kappa shape index (κ3) is 8.37. The maximum Gasteiger partial charge on any atom is 0.418 e. The van der Waals surface area contributed by atoms with Crippen molar-refractivity contribution in [3.63, 3.8) is 0 Å². The molecule has 2 N–H and O–H groups in total. The van der Waals surface area contributed by atoms with Gasteiger partial charge in [-0.05, 0) is 69.9 Å². The first-order chi connectivity index (χ1) is 18.4. The number of ether oxygens (including phenoxy) is 1. The number of hydrogen-bond donors (Lipinski definition) is 2. The van der Waals surface area contributed by atoms with Crippen LogP contribution >= 0.6 is 39.1 Å². The highest BCUT2D eigenvalue weighted by atomic mass is 79.9. The van der Waals surface area contributed by atoms with Crippen molar-refractivity contribution in [1.29, 1.82) is 0 Å². The molecule has 0 saturated heterocycles. The van der Waals surface area contributed by atoms with Gasteiger partial charge in [-0.3, -0.25) is 9.59 Å². The molecule has 0 spiro atoms. The quantitative estimate of drug-likeness (QED) is 0.219. The number of carboxylic acid groups (broad SMARTS) is 1. The summed E-state index contributed by atoms with van der Waals surface area (Å²) in [5.41, 5.74) is 0.837. The van der Waals surface area contributed by atoms with Crippen LogP contribution in [0.25, 0.3) is 0 Å². The van der Waals surface area contributed by atoms with Crippen molar-refractivity contribution in [3.05, 3.63) is 97.4 Å². The third-order valence-corrected chi connectivity index (χ3v) is 7.47. The molecule has 0 fully saturated rings. The minimum Gasteiger partial charge on any atom is -0.485 e. The van der Waals surface area contributed by atoms with Crippen LogP contribution in [0, 0.1) is 0 Å². The molecule has 2 atom stereocenters. The van der Waals surface area contributed by atoms with Crippen molar-refractivity contribution < 1.29 is 32.6 Å². The maximum absolute atomic E-state index is 13.6. The van der Waals surface area contributed by atoms with Gasteiger partial charge in [-0.25, -0.2) is 0 Å². The lowest BCUT2D eigenvalue weighted by Crippen LogP contribution is -2.26. The molecular weight excluding hydrogens is 622 g/mol. The van der Waals surface area contributed by atoms with Crippen LogP contribution in [-0.2, 0) is 11.0 Å². The molecule has 1 amide bonds. The van der Waals surface area contributed by atoms with Crippen LogP contribution in [0.4, 0.5) is 13.2 Å². The second kappa shape index (κ2) is 13.5. The molecule has 5 nitrogen and oxygen atoms in total. The van der Waals surface area contributed by atoms with Crippen LogP contribution in [0.5, 0.6) is 5.75 Å². The fourth-order valence-electron chi connectivity index (χ4n) is 4.09. The number of amides is 1. The zero-order chi connectivity index (χ0) is 28.7. The lowest BCUT2D eigenvalue weighted by molar-refractivity contribution is -0.138. The lowest BCUT2D eigenvalue weighted by Gasteiger charge is -2.29. The SMILES string of the molecule is CCC[C@H](c1ccc(C(=O)NCCC(=O)O)cc1)[C@@H](Oc1cc(Br)c(Cl)c(C(F)(F)F)c1)c1ccc(Cl)cc1. The Balaban J connectivity index is 1.99. The Hall–Kier alpha value is -2.75. The normalized spacial score (nSPS) is 13.0. The van der Waals surface area contributed by atoms with Crippen molar-refractivity contribution in [1.82, 2.24) is 5.32 Å². The second-order valence-electron chi connectivity index (χ2n) is 8.77. The molecule has 0 aliphatic rings. The zero-order valence-electron chi connectivity index (χ0n) is 20.7. The van der Waals surface area contributed by atoms with Crippen molar-refractivity contribution >= 4 is 51.0 Å². The van der Waals surface area contributed by atoms with Crippen molar-refractivity contribution in [2.75, 3.05) is 6.54 Å². The number of alkyl halides is 3. The molecule has 0 heterocycles. The van der Waals surface area contributed by atoms with Crippen LogP contribution in [0.2, 0.25) is 10.0 Å². The van der Waals surface area contributed by atoms with E-state index < -0.39 is 34.7 Å². The van der Waals surface area contributed by atoms with Gasteiger partial charge in [0.2, 0.25) is 0 Å². The molecular formula is C28H25BrCl2F3NO4. The number of carbonyl (C=O) groups excluding carboxylic acids is 1. The van der Waals surface area contributed by atoms with E-state index in [1.165, 1.54) is 6.07 Å². The molecule has 3 rings (SSSR count). The topological polar surface area (TPSA) is 75.6 Å². The van der Waals surface area contributed by atoms with Gasteiger partial charge in [0, 0.05) is 27.5 Å². The Labute approximate surface area is 242 Å². The molecule has 3 aromatic carbocycles. The zero-order valence-corrected chi connectivity index (χ0v) is 23.8. The first-order valence-electron chi connectivity index (χ1n) is 12.0. The lowest BCUT2D eigenvalue weighted by atomic mass is 9.85. The fraction of sp³-hybridized carbons (Fsp3) is 0.286. The van der Waals surface area contributed by atoms with E-state index in [-0.39, 0.29) is 29.1 Å². The highest BCUT2D eigenvalue weighted by molar-refractivity contribution is 9.10. The van der Waals surface area contributed by atoms with Crippen molar-refractivity contribution in [2.24, 2.45) is 0 Å².